The van der Waals surface area contributed by atoms with Gasteiger partial charge in [0.05, 0.1) is 18.8 Å². The van der Waals surface area contributed by atoms with E-state index in [1.807, 2.05) is 13.8 Å². The van der Waals surface area contributed by atoms with Crippen LogP contribution in [0.2, 0.25) is 0 Å². The van der Waals surface area contributed by atoms with E-state index in [0.717, 1.165) is 13.0 Å². The summed E-state index contributed by atoms with van der Waals surface area (Å²) < 4.78 is 15.9. The highest BCUT2D eigenvalue weighted by Gasteiger charge is 2.08. The van der Waals surface area contributed by atoms with Gasteiger partial charge in [-0.15, -0.1) is 0 Å². The van der Waals surface area contributed by atoms with Gasteiger partial charge >= 0.3 is 5.97 Å². The molecule has 0 rings (SSSR count). The topological polar surface area (TPSA) is 44.8 Å². The summed E-state index contributed by atoms with van der Waals surface area (Å²) in [5.41, 5.74) is 0. The zero-order valence-electron chi connectivity index (χ0n) is 11.5. The Morgan fingerprint density at radius 1 is 1.06 bits per heavy atom. The monoisotopic (exact) mass is 246 g/mol. The SMILES string of the molecule is CCCCCOC(C)COC(C)COC(C)=O. The molecule has 0 aromatic carbocycles. The number of unbranched alkanes of at least 4 members (excludes halogenated alkanes) is 2. The first-order valence-electron chi connectivity index (χ1n) is 6.42. The minimum atomic E-state index is -0.274. The number of hydrogen-bond donors (Lipinski definition) is 0. The molecule has 17 heavy (non-hydrogen) atoms. The molecule has 4 nitrogen and oxygen atoms in total. The predicted molar refractivity (Wildman–Crippen MR) is 67.0 cm³/mol. The standard InChI is InChI=1S/C13H26O4/c1-5-6-7-8-15-11(2)9-16-12(3)10-17-13(4)14/h11-12H,5-10H2,1-4H3. The Morgan fingerprint density at radius 2 is 1.71 bits per heavy atom. The first kappa shape index (κ1) is 16.4. The molecule has 0 aliphatic carbocycles. The normalized spacial score (nSPS) is 14.4. The van der Waals surface area contributed by atoms with Crippen LogP contribution in [-0.4, -0.2) is 38.0 Å². The molecule has 0 N–H and O–H groups in total. The van der Waals surface area contributed by atoms with Gasteiger partial charge in [-0.2, -0.15) is 0 Å². The highest BCUT2D eigenvalue weighted by atomic mass is 16.6. The van der Waals surface area contributed by atoms with Crippen LogP contribution in [0.15, 0.2) is 0 Å². The van der Waals surface area contributed by atoms with Crippen LogP contribution in [0.3, 0.4) is 0 Å². The maximum absolute atomic E-state index is 10.6. The number of hydrogen-bond acceptors (Lipinski definition) is 4. The van der Waals surface area contributed by atoms with E-state index in [9.17, 15) is 4.79 Å². The van der Waals surface area contributed by atoms with Gasteiger partial charge in [0.25, 0.3) is 0 Å². The van der Waals surface area contributed by atoms with Crippen molar-refractivity contribution in [2.24, 2.45) is 0 Å². The number of esters is 1. The molecule has 0 radical (unpaired) electrons. The fourth-order valence-corrected chi connectivity index (χ4v) is 1.27. The minimum Gasteiger partial charge on any atom is -0.463 e. The van der Waals surface area contributed by atoms with Crippen LogP contribution in [0.5, 0.6) is 0 Å². The Kier molecular flexibility index (Phi) is 10.2. The van der Waals surface area contributed by atoms with Crippen molar-refractivity contribution in [3.63, 3.8) is 0 Å². The molecular formula is C13H26O4. The summed E-state index contributed by atoms with van der Waals surface area (Å²) in [5.74, 6) is -0.274. The first-order chi connectivity index (χ1) is 8.06. The molecule has 0 aromatic rings. The van der Waals surface area contributed by atoms with Crippen LogP contribution >= 0.6 is 0 Å². The van der Waals surface area contributed by atoms with E-state index in [1.54, 1.807) is 0 Å². The van der Waals surface area contributed by atoms with E-state index in [1.165, 1.54) is 19.8 Å². The maximum atomic E-state index is 10.6. The predicted octanol–water partition coefficient (Wildman–Crippen LogP) is 2.55. The summed E-state index contributed by atoms with van der Waals surface area (Å²) in [6, 6.07) is 0. The van der Waals surface area contributed by atoms with Gasteiger partial charge in [-0.05, 0) is 20.3 Å². The number of ether oxygens (including phenoxy) is 3. The van der Waals surface area contributed by atoms with E-state index in [4.69, 9.17) is 14.2 Å². The third-order valence-corrected chi connectivity index (χ3v) is 2.29. The van der Waals surface area contributed by atoms with Crippen LogP contribution in [0, 0.1) is 0 Å². The fourth-order valence-electron chi connectivity index (χ4n) is 1.27. The molecule has 0 fully saturated rings. The number of rotatable bonds is 10. The highest BCUT2D eigenvalue weighted by molar-refractivity contribution is 5.65. The fraction of sp³-hybridized carbons (Fsp3) is 0.923. The summed E-state index contributed by atoms with van der Waals surface area (Å²) in [7, 11) is 0. The summed E-state index contributed by atoms with van der Waals surface area (Å²) >= 11 is 0. The number of carbonyl (C=O) groups is 1. The summed E-state index contributed by atoms with van der Waals surface area (Å²) in [4.78, 5) is 10.6. The molecule has 0 heterocycles. The highest BCUT2D eigenvalue weighted by Crippen LogP contribution is 2.01. The second kappa shape index (κ2) is 10.5. The summed E-state index contributed by atoms with van der Waals surface area (Å²) in [6.45, 7) is 9.07. The van der Waals surface area contributed by atoms with Crippen LogP contribution in [0.25, 0.3) is 0 Å². The molecule has 0 saturated heterocycles. The summed E-state index contributed by atoms with van der Waals surface area (Å²) in [6.07, 6.45) is 3.51. The van der Waals surface area contributed by atoms with Crippen molar-refractivity contribution < 1.29 is 19.0 Å². The van der Waals surface area contributed by atoms with Gasteiger partial charge in [0.2, 0.25) is 0 Å². The lowest BCUT2D eigenvalue weighted by atomic mass is 10.3. The van der Waals surface area contributed by atoms with E-state index in [-0.39, 0.29) is 18.2 Å². The molecule has 0 spiro atoms. The zero-order chi connectivity index (χ0) is 13.1. The molecule has 0 bridgehead atoms. The molecule has 2 atom stereocenters. The first-order valence-corrected chi connectivity index (χ1v) is 6.42. The van der Waals surface area contributed by atoms with Crippen LogP contribution in [0.1, 0.15) is 47.0 Å². The summed E-state index contributed by atoms with van der Waals surface area (Å²) in [5, 5.41) is 0. The van der Waals surface area contributed by atoms with Crippen LogP contribution < -0.4 is 0 Å². The molecule has 0 aliphatic rings. The van der Waals surface area contributed by atoms with Gasteiger partial charge in [0.15, 0.2) is 0 Å². The lowest BCUT2D eigenvalue weighted by Gasteiger charge is -2.17. The quantitative estimate of drug-likeness (QED) is 0.439. The van der Waals surface area contributed by atoms with Gasteiger partial charge in [0.1, 0.15) is 6.61 Å². The third-order valence-electron chi connectivity index (χ3n) is 2.29. The molecule has 2 unspecified atom stereocenters. The molecule has 4 heteroatoms. The van der Waals surface area contributed by atoms with E-state index < -0.39 is 0 Å². The molecule has 0 aliphatic heterocycles. The zero-order valence-corrected chi connectivity index (χ0v) is 11.5. The van der Waals surface area contributed by atoms with E-state index in [2.05, 4.69) is 6.92 Å². The van der Waals surface area contributed by atoms with Crippen molar-refractivity contribution in [2.45, 2.75) is 59.2 Å². The minimum absolute atomic E-state index is 0.0828. The molecule has 0 saturated carbocycles. The lowest BCUT2D eigenvalue weighted by Crippen LogP contribution is -2.24. The van der Waals surface area contributed by atoms with Crippen molar-refractivity contribution in [1.82, 2.24) is 0 Å². The van der Waals surface area contributed by atoms with Gasteiger partial charge in [-0.1, -0.05) is 19.8 Å². The van der Waals surface area contributed by atoms with E-state index in [0.29, 0.717) is 13.2 Å². The second-order valence-corrected chi connectivity index (χ2v) is 4.34. The average molecular weight is 246 g/mol. The van der Waals surface area contributed by atoms with Crippen molar-refractivity contribution in [3.8, 4) is 0 Å². The van der Waals surface area contributed by atoms with Crippen molar-refractivity contribution in [1.29, 1.82) is 0 Å². The van der Waals surface area contributed by atoms with Crippen LogP contribution in [0.4, 0.5) is 0 Å². The third kappa shape index (κ3) is 11.6. The Morgan fingerprint density at radius 3 is 2.29 bits per heavy atom. The molecule has 102 valence electrons. The Balaban J connectivity index is 3.41. The largest absolute Gasteiger partial charge is 0.463 e. The smallest absolute Gasteiger partial charge is 0.302 e. The van der Waals surface area contributed by atoms with Crippen molar-refractivity contribution in [3.05, 3.63) is 0 Å². The van der Waals surface area contributed by atoms with E-state index >= 15 is 0 Å². The van der Waals surface area contributed by atoms with Gasteiger partial charge in [-0.25, -0.2) is 0 Å². The Labute approximate surface area is 105 Å². The van der Waals surface area contributed by atoms with Gasteiger partial charge in [0, 0.05) is 13.5 Å². The average Bonchev–Trinajstić information content (AvgIpc) is 2.29. The Hall–Kier alpha value is -0.610. The molecule has 0 aromatic heterocycles. The van der Waals surface area contributed by atoms with Gasteiger partial charge in [-0.3, -0.25) is 4.79 Å². The lowest BCUT2D eigenvalue weighted by molar-refractivity contribution is -0.145. The van der Waals surface area contributed by atoms with Crippen LogP contribution in [-0.2, 0) is 19.0 Å². The Bertz CT molecular complexity index is 194. The van der Waals surface area contributed by atoms with Crippen molar-refractivity contribution >= 4 is 5.97 Å². The maximum Gasteiger partial charge on any atom is 0.302 e. The molecular weight excluding hydrogens is 220 g/mol. The van der Waals surface area contributed by atoms with Crippen molar-refractivity contribution in [2.75, 3.05) is 19.8 Å². The second-order valence-electron chi connectivity index (χ2n) is 4.34. The van der Waals surface area contributed by atoms with Gasteiger partial charge < -0.3 is 14.2 Å². The number of carbonyl (C=O) groups excluding carboxylic acids is 1. The molecule has 0 amide bonds.